The number of rotatable bonds is 3. The number of nitrogens with one attached hydrogen (secondary N) is 1. The van der Waals surface area contributed by atoms with Crippen molar-refractivity contribution < 1.29 is 0 Å². The second-order valence-electron chi connectivity index (χ2n) is 3.36. The Bertz CT molecular complexity index is 81.1. The monoisotopic (exact) mass is 160 g/mol. The zero-order valence-corrected chi connectivity index (χ0v) is 9.21. The second-order valence-corrected chi connectivity index (χ2v) is 10.8. The topological polar surface area (TPSA) is 12.0 Å². The molecule has 0 aromatic carbocycles. The fraction of sp³-hybridized carbons (Fsp3) is 1.00. The van der Waals surface area contributed by atoms with Crippen LogP contribution >= 0.6 is 0 Å². The van der Waals surface area contributed by atoms with Crippen molar-refractivity contribution in [3.8, 4) is 0 Å². The van der Waals surface area contributed by atoms with Gasteiger partial charge in [0.15, 0.2) is 0 Å². The van der Waals surface area contributed by atoms with E-state index in [9.17, 15) is 0 Å². The van der Waals surface area contributed by atoms with Crippen molar-refractivity contribution in [1.29, 1.82) is 0 Å². The van der Waals surface area contributed by atoms with Crippen molar-refractivity contribution >= 4 is 17.2 Å². The lowest BCUT2D eigenvalue weighted by molar-refractivity contribution is 1.24. The number of hydrogen-bond acceptors (Lipinski definition) is 1. The predicted molar refractivity (Wildman–Crippen MR) is 48.6 cm³/mol. The molecule has 0 aromatic heterocycles. The van der Waals surface area contributed by atoms with Crippen molar-refractivity contribution in [3.05, 3.63) is 0 Å². The maximum atomic E-state index is 3.71. The fourth-order valence-corrected chi connectivity index (χ4v) is 6.89. The molecule has 0 amide bonds. The van der Waals surface area contributed by atoms with Crippen LogP contribution < -0.4 is 4.65 Å². The van der Waals surface area contributed by atoms with Gasteiger partial charge in [0.05, 0.1) is 0 Å². The molecule has 0 spiro atoms. The van der Waals surface area contributed by atoms with Crippen molar-refractivity contribution in [3.63, 3.8) is 0 Å². The molecule has 9 heavy (non-hydrogen) atoms. The van der Waals surface area contributed by atoms with Gasteiger partial charge in [0.25, 0.3) is 0 Å². The van der Waals surface area contributed by atoms with Crippen molar-refractivity contribution in [2.24, 2.45) is 0 Å². The zero-order chi connectivity index (χ0) is 7.49. The fourth-order valence-electron chi connectivity index (χ4n) is 0.765. The Labute approximate surface area is 61.6 Å². The summed E-state index contributed by atoms with van der Waals surface area (Å²) in [6, 6.07) is 1.35. The molecule has 1 N–H and O–H groups in total. The normalized spacial score (nSPS) is 12.7. The molecule has 0 atom stereocenters. The van der Waals surface area contributed by atoms with Crippen LogP contribution in [-0.4, -0.2) is 17.2 Å². The summed E-state index contributed by atoms with van der Waals surface area (Å²) in [4.78, 5) is 0. The molecule has 0 aromatic rings. The average molecular weight is 160 g/mol. The summed E-state index contributed by atoms with van der Waals surface area (Å²) in [5, 5.41) is 0. The highest BCUT2D eigenvalue weighted by Crippen LogP contribution is 2.03. The zero-order valence-electron chi connectivity index (χ0n) is 7.21. The van der Waals surface area contributed by atoms with E-state index in [0.29, 0.717) is 0 Å². The lowest BCUT2D eigenvalue weighted by Gasteiger charge is -2.23. The van der Waals surface area contributed by atoms with E-state index < -0.39 is 8.24 Å². The van der Waals surface area contributed by atoms with Crippen LogP contribution in [0.5, 0.6) is 0 Å². The van der Waals surface area contributed by atoms with E-state index in [1.165, 1.54) is 6.04 Å². The molecule has 0 fully saturated rings. The van der Waals surface area contributed by atoms with Gasteiger partial charge >= 0.3 is 0 Å². The van der Waals surface area contributed by atoms with Gasteiger partial charge in [-0.15, -0.1) is 0 Å². The number of hydrogen-bond donors (Lipinski definition) is 1. The maximum Gasteiger partial charge on any atom is 0.119 e. The minimum absolute atomic E-state index is 0.192. The minimum atomic E-state index is -0.945. The first-order valence-electron chi connectivity index (χ1n) is 3.56. The Hall–Kier alpha value is 0.394. The quantitative estimate of drug-likeness (QED) is 0.623. The van der Waals surface area contributed by atoms with Crippen LogP contribution in [0.15, 0.2) is 0 Å². The van der Waals surface area contributed by atoms with E-state index in [4.69, 9.17) is 0 Å². The lowest BCUT2D eigenvalue weighted by atomic mass is 11.0. The van der Waals surface area contributed by atoms with Gasteiger partial charge in [-0.1, -0.05) is 33.1 Å². The molecule has 0 bridgehead atoms. The van der Waals surface area contributed by atoms with Crippen molar-refractivity contribution in [2.75, 3.05) is 0 Å². The summed E-state index contributed by atoms with van der Waals surface area (Å²) in [6.45, 7) is 11.7. The lowest BCUT2D eigenvalue weighted by Crippen LogP contribution is -2.49. The largest absolute Gasteiger partial charge is 0.360 e. The molecular formula is C6H18NSi2. The van der Waals surface area contributed by atoms with E-state index in [1.54, 1.807) is 0 Å². The van der Waals surface area contributed by atoms with Crippen LogP contribution in [0.4, 0.5) is 0 Å². The van der Waals surface area contributed by atoms with E-state index in [0.717, 1.165) is 0 Å². The molecule has 0 aliphatic heterocycles. The molecule has 0 saturated heterocycles. The molecule has 1 nitrogen and oxygen atoms in total. The molecule has 3 heteroatoms. The maximum absolute atomic E-state index is 3.71. The van der Waals surface area contributed by atoms with Gasteiger partial charge in [0.2, 0.25) is 0 Å². The highest BCUT2D eigenvalue weighted by molar-refractivity contribution is 6.83. The third kappa shape index (κ3) is 4.87. The Kier molecular flexibility index (Phi) is 3.69. The SMILES string of the molecule is CC[Si](C)(C)N[Si](C)C. The van der Waals surface area contributed by atoms with Crippen molar-refractivity contribution in [1.82, 2.24) is 4.65 Å². The molecule has 0 aliphatic rings. The third-order valence-corrected chi connectivity index (χ3v) is 7.95. The average Bonchev–Trinajstić information content (AvgIpc) is 1.63. The minimum Gasteiger partial charge on any atom is -0.360 e. The first kappa shape index (κ1) is 9.39. The summed E-state index contributed by atoms with van der Waals surface area (Å²) in [7, 11) is -1.14. The predicted octanol–water partition coefficient (Wildman–Crippen LogP) is 2.05. The van der Waals surface area contributed by atoms with Crippen LogP contribution in [0.1, 0.15) is 6.92 Å². The Morgan fingerprint density at radius 2 is 1.78 bits per heavy atom. The second kappa shape index (κ2) is 3.53. The molecule has 0 heterocycles. The Morgan fingerprint density at radius 1 is 1.33 bits per heavy atom. The molecular weight excluding hydrogens is 142 g/mol. The van der Waals surface area contributed by atoms with Gasteiger partial charge in [-0.2, -0.15) is 0 Å². The van der Waals surface area contributed by atoms with Crippen LogP contribution in [-0.2, 0) is 0 Å². The van der Waals surface area contributed by atoms with E-state index in [2.05, 4.69) is 37.8 Å². The van der Waals surface area contributed by atoms with Gasteiger partial charge in [0, 0.05) is 0 Å². The van der Waals surface area contributed by atoms with Gasteiger partial charge in [0.1, 0.15) is 17.2 Å². The van der Waals surface area contributed by atoms with E-state index in [1.807, 2.05) is 0 Å². The first-order valence-corrected chi connectivity index (χ1v) is 9.27. The van der Waals surface area contributed by atoms with E-state index >= 15 is 0 Å². The molecule has 0 aliphatic carbocycles. The summed E-state index contributed by atoms with van der Waals surface area (Å²) in [5.74, 6) is 0. The summed E-state index contributed by atoms with van der Waals surface area (Å²) in [5.41, 5.74) is 0. The Balaban J connectivity index is 3.58. The van der Waals surface area contributed by atoms with Crippen LogP contribution in [0, 0.1) is 0 Å². The highest BCUT2D eigenvalue weighted by atomic mass is 28.4. The van der Waals surface area contributed by atoms with Gasteiger partial charge in [-0.3, -0.25) is 0 Å². The van der Waals surface area contributed by atoms with Gasteiger partial charge < -0.3 is 4.65 Å². The van der Waals surface area contributed by atoms with Crippen molar-refractivity contribution in [2.45, 2.75) is 39.2 Å². The highest BCUT2D eigenvalue weighted by Gasteiger charge is 2.18. The standard InChI is InChI=1S/C6H18NSi2/c1-6-9(4,5)7-8(2)3/h7H,6H2,1-5H3. The van der Waals surface area contributed by atoms with Gasteiger partial charge in [-0.25, -0.2) is 0 Å². The van der Waals surface area contributed by atoms with Crippen LogP contribution in [0.2, 0.25) is 32.2 Å². The molecule has 0 unspecified atom stereocenters. The van der Waals surface area contributed by atoms with Gasteiger partial charge in [-0.05, 0) is 6.04 Å². The summed E-state index contributed by atoms with van der Waals surface area (Å²) >= 11 is 0. The van der Waals surface area contributed by atoms with Crippen LogP contribution in [0.3, 0.4) is 0 Å². The van der Waals surface area contributed by atoms with Crippen LogP contribution in [0.25, 0.3) is 0 Å². The molecule has 1 radical (unpaired) electrons. The summed E-state index contributed by atoms with van der Waals surface area (Å²) < 4.78 is 3.71. The smallest absolute Gasteiger partial charge is 0.119 e. The summed E-state index contributed by atoms with van der Waals surface area (Å²) in [6.07, 6.45) is 0. The Morgan fingerprint density at radius 3 is 1.89 bits per heavy atom. The molecule has 0 saturated carbocycles. The third-order valence-electron chi connectivity index (χ3n) is 1.47. The van der Waals surface area contributed by atoms with E-state index in [-0.39, 0.29) is 8.96 Å². The molecule has 55 valence electrons. The first-order chi connectivity index (χ1) is 3.98. The molecule has 0 rings (SSSR count).